The molecule has 1 fully saturated rings. The van der Waals surface area contributed by atoms with Crippen molar-refractivity contribution < 1.29 is 13.7 Å². The molecule has 3 atom stereocenters. The fourth-order valence-corrected chi connectivity index (χ4v) is 4.26. The Balaban J connectivity index is 1.62. The van der Waals surface area contributed by atoms with E-state index in [1.54, 1.807) is 7.11 Å². The van der Waals surface area contributed by atoms with Gasteiger partial charge in [0.2, 0.25) is 0 Å². The zero-order chi connectivity index (χ0) is 16.9. The lowest BCUT2D eigenvalue weighted by Crippen LogP contribution is -2.27. The third kappa shape index (κ3) is 4.25. The van der Waals surface area contributed by atoms with Crippen molar-refractivity contribution in [3.05, 3.63) is 59.7 Å². The fourth-order valence-electron chi connectivity index (χ4n) is 3.04. The fraction of sp³-hybridized carbons (Fsp3) is 0.400. The van der Waals surface area contributed by atoms with E-state index < -0.39 is 10.8 Å². The first-order chi connectivity index (χ1) is 11.7. The molecule has 2 aromatic rings. The van der Waals surface area contributed by atoms with Gasteiger partial charge in [-0.15, -0.1) is 0 Å². The Hall–Kier alpha value is -1.65. The minimum atomic E-state index is -1.01. The van der Waals surface area contributed by atoms with Gasteiger partial charge in [-0.1, -0.05) is 29.8 Å². The summed E-state index contributed by atoms with van der Waals surface area (Å²) >= 11 is 0. The summed E-state index contributed by atoms with van der Waals surface area (Å²) in [5.41, 5.74) is 2.35. The summed E-state index contributed by atoms with van der Waals surface area (Å²) < 4.78 is 24.0. The first-order valence-electron chi connectivity index (χ1n) is 8.40. The molecular formula is C20H24O3S. The van der Waals surface area contributed by atoms with Crippen LogP contribution in [0.1, 0.15) is 36.5 Å². The maximum absolute atomic E-state index is 12.6. The molecule has 3 nitrogen and oxygen atoms in total. The summed E-state index contributed by atoms with van der Waals surface area (Å²) in [5, 5.41) is 0. The summed E-state index contributed by atoms with van der Waals surface area (Å²) in [5.74, 6) is 1.42. The van der Waals surface area contributed by atoms with Crippen LogP contribution in [0.3, 0.4) is 0 Å². The van der Waals surface area contributed by atoms with Gasteiger partial charge in [-0.2, -0.15) is 0 Å². The number of methoxy groups -OCH3 is 1. The molecule has 1 aliphatic rings. The minimum absolute atomic E-state index is 0.0491. The first-order valence-corrected chi connectivity index (χ1v) is 9.72. The van der Waals surface area contributed by atoms with Crippen molar-refractivity contribution in [2.24, 2.45) is 0 Å². The maximum Gasteiger partial charge on any atom is 0.118 e. The third-order valence-corrected chi connectivity index (χ3v) is 5.93. The van der Waals surface area contributed by atoms with E-state index in [0.717, 1.165) is 29.9 Å². The molecule has 0 unspecified atom stereocenters. The molecule has 1 heterocycles. The molecule has 1 aliphatic heterocycles. The van der Waals surface area contributed by atoms with Crippen molar-refractivity contribution in [2.75, 3.05) is 12.9 Å². The van der Waals surface area contributed by atoms with Crippen LogP contribution in [0.15, 0.2) is 53.4 Å². The number of aryl methyl sites for hydroxylation is 1. The van der Waals surface area contributed by atoms with Gasteiger partial charge in [0.05, 0.1) is 35.9 Å². The van der Waals surface area contributed by atoms with E-state index in [-0.39, 0.29) is 12.2 Å². The molecule has 0 aromatic heterocycles. The smallest absolute Gasteiger partial charge is 0.118 e. The van der Waals surface area contributed by atoms with Crippen molar-refractivity contribution in [2.45, 2.75) is 43.3 Å². The van der Waals surface area contributed by atoms with Crippen LogP contribution < -0.4 is 4.74 Å². The summed E-state index contributed by atoms with van der Waals surface area (Å²) in [6.07, 6.45) is 3.23. The SMILES string of the molecule is COc1ccc([C@@H]2CCC[C@H](C[S@@](=O)c3ccc(C)cc3)O2)cc1. The van der Waals surface area contributed by atoms with Crippen molar-refractivity contribution in [3.63, 3.8) is 0 Å². The predicted molar refractivity (Wildman–Crippen MR) is 96.9 cm³/mol. The van der Waals surface area contributed by atoms with E-state index in [1.165, 1.54) is 11.1 Å². The van der Waals surface area contributed by atoms with Crippen molar-refractivity contribution in [3.8, 4) is 5.75 Å². The number of ether oxygens (including phenoxy) is 2. The summed E-state index contributed by atoms with van der Waals surface area (Å²) in [7, 11) is 0.659. The van der Waals surface area contributed by atoms with Gasteiger partial charge < -0.3 is 9.47 Å². The Morgan fingerprint density at radius 3 is 2.46 bits per heavy atom. The molecule has 0 N–H and O–H groups in total. The van der Waals surface area contributed by atoms with Crippen molar-refractivity contribution in [1.29, 1.82) is 0 Å². The maximum atomic E-state index is 12.6. The van der Waals surface area contributed by atoms with Gasteiger partial charge in [-0.05, 0) is 56.0 Å². The van der Waals surface area contributed by atoms with E-state index in [0.29, 0.717) is 5.75 Å². The molecule has 2 aromatic carbocycles. The molecule has 0 radical (unpaired) electrons. The molecule has 24 heavy (non-hydrogen) atoms. The molecule has 0 amide bonds. The van der Waals surface area contributed by atoms with E-state index >= 15 is 0 Å². The Morgan fingerprint density at radius 1 is 1.08 bits per heavy atom. The highest BCUT2D eigenvalue weighted by Gasteiger charge is 2.25. The van der Waals surface area contributed by atoms with Crippen LogP contribution in [0.2, 0.25) is 0 Å². The number of hydrogen-bond acceptors (Lipinski definition) is 3. The number of benzene rings is 2. The van der Waals surface area contributed by atoms with Gasteiger partial charge in [0, 0.05) is 4.90 Å². The highest BCUT2D eigenvalue weighted by atomic mass is 32.2. The van der Waals surface area contributed by atoms with Gasteiger partial charge in [-0.25, -0.2) is 0 Å². The van der Waals surface area contributed by atoms with Gasteiger partial charge in [0.1, 0.15) is 5.75 Å². The van der Waals surface area contributed by atoms with Crippen LogP contribution in [0, 0.1) is 6.92 Å². The molecule has 3 rings (SSSR count). The third-order valence-electron chi connectivity index (χ3n) is 4.46. The van der Waals surface area contributed by atoms with Gasteiger partial charge in [-0.3, -0.25) is 4.21 Å². The molecular weight excluding hydrogens is 320 g/mol. The molecule has 0 saturated carbocycles. The van der Waals surface area contributed by atoms with E-state index in [4.69, 9.17) is 9.47 Å². The van der Waals surface area contributed by atoms with Crippen molar-refractivity contribution in [1.82, 2.24) is 0 Å². The monoisotopic (exact) mass is 344 g/mol. The van der Waals surface area contributed by atoms with Crippen LogP contribution >= 0.6 is 0 Å². The van der Waals surface area contributed by atoms with E-state index in [9.17, 15) is 4.21 Å². The van der Waals surface area contributed by atoms with Crippen LogP contribution in [-0.2, 0) is 15.5 Å². The van der Waals surface area contributed by atoms with Gasteiger partial charge in [0.15, 0.2) is 0 Å². The summed E-state index contributed by atoms with van der Waals surface area (Å²) in [6.45, 7) is 2.04. The quantitative estimate of drug-likeness (QED) is 0.805. The lowest BCUT2D eigenvalue weighted by Gasteiger charge is -2.30. The van der Waals surface area contributed by atoms with E-state index in [2.05, 4.69) is 12.1 Å². The lowest BCUT2D eigenvalue weighted by atomic mass is 9.99. The summed E-state index contributed by atoms with van der Waals surface area (Å²) in [6, 6.07) is 16.0. The largest absolute Gasteiger partial charge is 0.497 e. The zero-order valence-electron chi connectivity index (χ0n) is 14.2. The van der Waals surface area contributed by atoms with Crippen LogP contribution in [0.4, 0.5) is 0 Å². The second-order valence-electron chi connectivity index (χ2n) is 6.28. The molecule has 4 heteroatoms. The van der Waals surface area contributed by atoms with Crippen LogP contribution in [-0.4, -0.2) is 23.2 Å². The Morgan fingerprint density at radius 2 is 1.79 bits per heavy atom. The summed E-state index contributed by atoms with van der Waals surface area (Å²) in [4.78, 5) is 0.885. The van der Waals surface area contributed by atoms with Crippen molar-refractivity contribution >= 4 is 10.8 Å². The number of hydrogen-bond donors (Lipinski definition) is 0. The average molecular weight is 344 g/mol. The minimum Gasteiger partial charge on any atom is -0.497 e. The highest BCUT2D eigenvalue weighted by Crippen LogP contribution is 2.32. The molecule has 0 aliphatic carbocycles. The standard InChI is InChI=1S/C20H24O3S/c1-15-6-12-19(13-7-15)24(21)14-18-4-3-5-20(23-18)16-8-10-17(22-2)11-9-16/h6-13,18,20H,3-5,14H2,1-2H3/t18-,20+,24-/m1/s1. The second kappa shape index (κ2) is 7.95. The number of rotatable bonds is 5. The Bertz CT molecular complexity index is 679. The normalized spacial score (nSPS) is 22.1. The Labute approximate surface area is 146 Å². The predicted octanol–water partition coefficient (Wildman–Crippen LogP) is 4.42. The average Bonchev–Trinajstić information content (AvgIpc) is 2.62. The lowest BCUT2D eigenvalue weighted by molar-refractivity contribution is -0.0393. The molecule has 128 valence electrons. The van der Waals surface area contributed by atoms with Gasteiger partial charge >= 0.3 is 0 Å². The van der Waals surface area contributed by atoms with E-state index in [1.807, 2.05) is 43.3 Å². The molecule has 1 saturated heterocycles. The zero-order valence-corrected chi connectivity index (χ0v) is 15.1. The van der Waals surface area contributed by atoms with Crippen LogP contribution in [0.5, 0.6) is 5.75 Å². The van der Waals surface area contributed by atoms with Gasteiger partial charge in [0.25, 0.3) is 0 Å². The molecule has 0 bridgehead atoms. The second-order valence-corrected chi connectivity index (χ2v) is 7.77. The topological polar surface area (TPSA) is 35.5 Å². The first kappa shape index (κ1) is 17.2. The molecule has 0 spiro atoms. The Kier molecular flexibility index (Phi) is 5.69. The highest BCUT2D eigenvalue weighted by molar-refractivity contribution is 7.85. The van der Waals surface area contributed by atoms with Crippen LogP contribution in [0.25, 0.3) is 0 Å².